The molecule has 1 fully saturated rings. The SMILES string of the molecule is Cc1c(-c2cc3cc(NC(=O)OC4CC(CO[S+](C)C(C)(C)C)C4)ncc3c(NC(=O)OC(C)(C)C)c2F)cnc2c1N(C(=O)OC(C)(C)C)CCO2. The van der Waals surface area contributed by atoms with Crippen molar-refractivity contribution in [2.24, 2.45) is 5.92 Å². The van der Waals surface area contributed by atoms with Gasteiger partial charge < -0.3 is 18.9 Å². The van der Waals surface area contributed by atoms with E-state index in [0.717, 1.165) is 0 Å². The summed E-state index contributed by atoms with van der Waals surface area (Å²) in [4.78, 5) is 49.3. The van der Waals surface area contributed by atoms with Gasteiger partial charge in [-0.15, -0.1) is 0 Å². The molecule has 0 bridgehead atoms. The van der Waals surface area contributed by atoms with Crippen molar-refractivity contribution in [2.75, 3.05) is 41.5 Å². The lowest BCUT2D eigenvalue weighted by Gasteiger charge is -2.33. The van der Waals surface area contributed by atoms with Gasteiger partial charge in [0.05, 0.1) is 12.2 Å². The average Bonchev–Trinajstić information content (AvgIpc) is 3.01. The number of halogens is 1. The highest BCUT2D eigenvalue weighted by atomic mass is 32.2. The molecule has 1 atom stereocenters. The zero-order chi connectivity index (χ0) is 39.0. The summed E-state index contributed by atoms with van der Waals surface area (Å²) in [5, 5.41) is 5.93. The van der Waals surface area contributed by atoms with E-state index in [0.29, 0.717) is 47.6 Å². The summed E-state index contributed by atoms with van der Waals surface area (Å²) in [6, 6.07) is 3.13. The fourth-order valence-corrected chi connectivity index (χ4v) is 6.49. The molecular formula is C38H51FN5O8S+. The van der Waals surface area contributed by atoms with Crippen LogP contribution < -0.4 is 20.3 Å². The van der Waals surface area contributed by atoms with E-state index in [-0.39, 0.29) is 63.5 Å². The van der Waals surface area contributed by atoms with Gasteiger partial charge in [0.2, 0.25) is 5.88 Å². The molecule has 1 saturated carbocycles. The second kappa shape index (κ2) is 15.2. The Kier molecular flexibility index (Phi) is 11.4. The third kappa shape index (κ3) is 9.79. The molecule has 0 saturated heterocycles. The fraction of sp³-hybridized carbons (Fsp3) is 0.553. The highest BCUT2D eigenvalue weighted by molar-refractivity contribution is 7.93. The predicted molar refractivity (Wildman–Crippen MR) is 204 cm³/mol. The Morgan fingerprint density at radius 1 is 0.943 bits per heavy atom. The first-order valence-electron chi connectivity index (χ1n) is 17.6. The average molecular weight is 757 g/mol. The minimum atomic E-state index is -0.872. The Labute approximate surface area is 313 Å². The first-order chi connectivity index (χ1) is 24.6. The van der Waals surface area contributed by atoms with E-state index in [2.05, 4.69) is 47.6 Å². The zero-order valence-electron chi connectivity index (χ0n) is 32.4. The molecule has 1 aliphatic carbocycles. The summed E-state index contributed by atoms with van der Waals surface area (Å²) in [5.41, 5.74) is -0.556. The maximum absolute atomic E-state index is 16.7. The molecular weight excluding hydrogens is 706 g/mol. The van der Waals surface area contributed by atoms with Gasteiger partial charge in [-0.05, 0) is 111 Å². The van der Waals surface area contributed by atoms with E-state index in [4.69, 9.17) is 23.1 Å². The lowest BCUT2D eigenvalue weighted by molar-refractivity contribution is 0.00965. The number of fused-ring (bicyclic) bond motifs is 2. The maximum atomic E-state index is 16.7. The van der Waals surface area contributed by atoms with Crippen LogP contribution in [0.1, 0.15) is 80.7 Å². The molecule has 5 rings (SSSR count). The Balaban J connectivity index is 1.44. The van der Waals surface area contributed by atoms with E-state index >= 15 is 4.39 Å². The molecule has 1 aliphatic heterocycles. The van der Waals surface area contributed by atoms with Crippen molar-refractivity contribution in [3.8, 4) is 17.0 Å². The van der Waals surface area contributed by atoms with Gasteiger partial charge in [0.1, 0.15) is 59.5 Å². The van der Waals surface area contributed by atoms with Crippen molar-refractivity contribution in [3.63, 3.8) is 0 Å². The van der Waals surface area contributed by atoms with E-state index in [9.17, 15) is 14.4 Å². The van der Waals surface area contributed by atoms with E-state index in [1.165, 1.54) is 17.3 Å². The zero-order valence-corrected chi connectivity index (χ0v) is 33.2. The number of nitrogens with one attached hydrogen (secondary N) is 2. The third-order valence-corrected chi connectivity index (χ3v) is 10.8. The van der Waals surface area contributed by atoms with E-state index in [1.807, 2.05) is 0 Å². The first kappa shape index (κ1) is 39.8. The predicted octanol–water partition coefficient (Wildman–Crippen LogP) is 8.53. The summed E-state index contributed by atoms with van der Waals surface area (Å²) < 4.78 is 45.3. The molecule has 288 valence electrons. The van der Waals surface area contributed by atoms with Crippen LogP contribution in [0.15, 0.2) is 24.5 Å². The van der Waals surface area contributed by atoms with Gasteiger partial charge in [0.25, 0.3) is 0 Å². The molecule has 1 aromatic carbocycles. The van der Waals surface area contributed by atoms with Crippen LogP contribution in [0.2, 0.25) is 0 Å². The van der Waals surface area contributed by atoms with Crippen LogP contribution in [0.5, 0.6) is 5.88 Å². The Hall–Kier alpha value is -4.37. The van der Waals surface area contributed by atoms with Gasteiger partial charge in [-0.25, -0.2) is 28.7 Å². The van der Waals surface area contributed by atoms with Crippen LogP contribution in [0, 0.1) is 18.7 Å². The molecule has 0 spiro atoms. The van der Waals surface area contributed by atoms with Gasteiger partial charge in [0, 0.05) is 28.9 Å². The van der Waals surface area contributed by atoms with Crippen molar-refractivity contribution >= 4 is 57.4 Å². The van der Waals surface area contributed by atoms with Crippen molar-refractivity contribution in [2.45, 2.75) is 104 Å². The number of amides is 3. The Morgan fingerprint density at radius 3 is 2.26 bits per heavy atom. The largest absolute Gasteiger partial charge is 0.474 e. The molecule has 3 amide bonds. The van der Waals surface area contributed by atoms with Crippen LogP contribution in [-0.2, 0) is 29.6 Å². The van der Waals surface area contributed by atoms with Crippen molar-refractivity contribution in [3.05, 3.63) is 35.9 Å². The fourth-order valence-electron chi connectivity index (χ4n) is 5.74. The lowest BCUT2D eigenvalue weighted by atomic mass is 9.83. The molecule has 2 aliphatic rings. The summed E-state index contributed by atoms with van der Waals surface area (Å²) in [6.45, 7) is 19.6. The lowest BCUT2D eigenvalue weighted by Crippen LogP contribution is -2.42. The topological polar surface area (TPSA) is 150 Å². The number of benzene rings is 1. The number of hydrogen-bond acceptors (Lipinski definition) is 10. The number of rotatable bonds is 7. The quantitative estimate of drug-likeness (QED) is 0.177. The molecule has 3 aromatic rings. The van der Waals surface area contributed by atoms with Gasteiger partial charge in [-0.2, -0.15) is 4.18 Å². The summed E-state index contributed by atoms with van der Waals surface area (Å²) >= 11 is -0.183. The smallest absolute Gasteiger partial charge is 0.415 e. The molecule has 2 aromatic heterocycles. The highest BCUT2D eigenvalue weighted by Gasteiger charge is 2.38. The van der Waals surface area contributed by atoms with Crippen LogP contribution in [0.3, 0.4) is 0 Å². The normalized spacial score (nSPS) is 17.9. The minimum Gasteiger partial charge on any atom is -0.474 e. The number of hydrogen-bond donors (Lipinski definition) is 2. The van der Waals surface area contributed by atoms with Crippen LogP contribution in [0.25, 0.3) is 21.9 Å². The van der Waals surface area contributed by atoms with Gasteiger partial charge >= 0.3 is 18.3 Å². The van der Waals surface area contributed by atoms with Crippen molar-refractivity contribution < 1.29 is 41.9 Å². The van der Waals surface area contributed by atoms with Gasteiger partial charge in [-0.1, -0.05) is 0 Å². The number of aromatic nitrogens is 2. The molecule has 2 N–H and O–H groups in total. The highest BCUT2D eigenvalue weighted by Crippen LogP contribution is 2.43. The number of carbonyl (C=O) groups excluding carboxylic acids is 3. The third-order valence-electron chi connectivity index (χ3n) is 8.63. The van der Waals surface area contributed by atoms with Crippen molar-refractivity contribution in [1.29, 1.82) is 0 Å². The maximum Gasteiger partial charge on any atom is 0.415 e. The monoisotopic (exact) mass is 756 g/mol. The van der Waals surface area contributed by atoms with Gasteiger partial charge in [-0.3, -0.25) is 15.5 Å². The molecule has 3 heterocycles. The van der Waals surface area contributed by atoms with E-state index in [1.54, 1.807) is 60.6 Å². The molecule has 13 nitrogen and oxygen atoms in total. The molecule has 53 heavy (non-hydrogen) atoms. The molecule has 0 radical (unpaired) electrons. The standard InChI is InChI=1S/C38H50FN5O8S/c1-21-26(18-41-32-31(21)44(12-13-48-32)35(47)52-37(5,6)7)25-16-23-17-28(40-19-27(23)30(29(25)39)43-34(46)51-36(2,3)4)42-33(45)50-24-14-22(15-24)20-49-53(11)38(8,9)10/h16-19,22,24H,12-15,20H2,1-11H3,(H-,40,42,43,45,46)/p+1. The van der Waals surface area contributed by atoms with Crippen LogP contribution >= 0.6 is 0 Å². The first-order valence-corrected chi connectivity index (χ1v) is 19.2. The number of ether oxygens (including phenoxy) is 4. The summed E-state index contributed by atoms with van der Waals surface area (Å²) in [7, 11) is 0. The number of nitrogens with zero attached hydrogens (tertiary/aromatic N) is 3. The molecule has 1 unspecified atom stereocenters. The summed E-state index contributed by atoms with van der Waals surface area (Å²) in [6.07, 6.45) is 3.92. The second-order valence-electron chi connectivity index (χ2n) is 16.3. The molecule has 15 heteroatoms. The van der Waals surface area contributed by atoms with Crippen molar-refractivity contribution in [1.82, 2.24) is 9.97 Å². The summed E-state index contributed by atoms with van der Waals surface area (Å²) in [5.74, 6) is -0.0995. The van der Waals surface area contributed by atoms with Crippen LogP contribution in [-0.4, -0.2) is 76.3 Å². The number of pyridine rings is 2. The minimum absolute atomic E-state index is 0.0647. The Morgan fingerprint density at radius 2 is 1.62 bits per heavy atom. The number of anilines is 3. The van der Waals surface area contributed by atoms with Crippen LogP contribution in [0.4, 0.5) is 36.0 Å². The second-order valence-corrected chi connectivity index (χ2v) is 18.7. The number of carbonyl (C=O) groups is 3. The van der Waals surface area contributed by atoms with E-state index < -0.39 is 35.3 Å². The van der Waals surface area contributed by atoms with Gasteiger partial charge in [0.15, 0.2) is 10.6 Å². The Bertz CT molecular complexity index is 1880.